The van der Waals surface area contributed by atoms with E-state index < -0.39 is 0 Å². The van der Waals surface area contributed by atoms with E-state index in [2.05, 4.69) is 46.4 Å². The standard InChI is InChI=1S/C24H30N4O.ClH/c1-2-19-3-5-20(6-4-19)17-26-22-10-13-27(14-11-22)15-16-28-23-18-25-12-9-21(23)7-8-24(28)29;/h3-9,12,18,22,26H,2,10-11,13-17H2,1H3;1H. The maximum absolute atomic E-state index is 12.3. The summed E-state index contributed by atoms with van der Waals surface area (Å²) in [5, 5.41) is 4.78. The summed E-state index contributed by atoms with van der Waals surface area (Å²) in [6, 6.07) is 15.0. The van der Waals surface area contributed by atoms with Crippen molar-refractivity contribution in [2.75, 3.05) is 19.6 Å². The predicted molar refractivity (Wildman–Crippen MR) is 125 cm³/mol. The van der Waals surface area contributed by atoms with Crippen LogP contribution >= 0.6 is 12.4 Å². The van der Waals surface area contributed by atoms with Crippen LogP contribution in [0.4, 0.5) is 0 Å². The highest BCUT2D eigenvalue weighted by molar-refractivity contribution is 5.85. The topological polar surface area (TPSA) is 50.2 Å². The van der Waals surface area contributed by atoms with Crippen molar-refractivity contribution in [3.63, 3.8) is 0 Å². The summed E-state index contributed by atoms with van der Waals surface area (Å²) in [6.07, 6.45) is 6.96. The Hall–Kier alpha value is -2.21. The van der Waals surface area contributed by atoms with Crippen LogP contribution in [0.5, 0.6) is 0 Å². The van der Waals surface area contributed by atoms with E-state index in [9.17, 15) is 4.79 Å². The molecule has 0 unspecified atom stereocenters. The summed E-state index contributed by atoms with van der Waals surface area (Å²) in [6.45, 7) is 6.89. The Labute approximate surface area is 184 Å². The van der Waals surface area contributed by atoms with Gasteiger partial charge in [0.25, 0.3) is 5.56 Å². The number of halogens is 1. The van der Waals surface area contributed by atoms with E-state index >= 15 is 0 Å². The lowest BCUT2D eigenvalue weighted by Gasteiger charge is -2.32. The predicted octanol–water partition coefficient (Wildman–Crippen LogP) is 3.63. The number of rotatable bonds is 7. The molecule has 6 heteroatoms. The number of fused-ring (bicyclic) bond motifs is 1. The lowest BCUT2D eigenvalue weighted by atomic mass is 10.0. The zero-order valence-electron chi connectivity index (χ0n) is 17.6. The Morgan fingerprint density at radius 1 is 1.00 bits per heavy atom. The van der Waals surface area contributed by atoms with Gasteiger partial charge < -0.3 is 14.8 Å². The Kier molecular flexibility index (Phi) is 8.02. The van der Waals surface area contributed by atoms with Crippen molar-refractivity contribution < 1.29 is 0 Å². The van der Waals surface area contributed by atoms with E-state index in [4.69, 9.17) is 0 Å². The van der Waals surface area contributed by atoms with Gasteiger partial charge in [-0.1, -0.05) is 31.2 Å². The third kappa shape index (κ3) is 5.48. The molecule has 1 N–H and O–H groups in total. The second kappa shape index (κ2) is 10.7. The largest absolute Gasteiger partial charge is 0.310 e. The molecule has 1 aromatic carbocycles. The van der Waals surface area contributed by atoms with Crippen LogP contribution in [0.1, 0.15) is 30.9 Å². The first-order valence-corrected chi connectivity index (χ1v) is 10.7. The van der Waals surface area contributed by atoms with Gasteiger partial charge in [0.15, 0.2) is 0 Å². The summed E-state index contributed by atoms with van der Waals surface area (Å²) in [5.74, 6) is 0. The summed E-state index contributed by atoms with van der Waals surface area (Å²) < 4.78 is 1.85. The minimum Gasteiger partial charge on any atom is -0.310 e. The molecular formula is C24H31ClN4O. The number of likely N-dealkylation sites (tertiary alicyclic amines) is 1. The zero-order valence-corrected chi connectivity index (χ0v) is 18.4. The second-order valence-corrected chi connectivity index (χ2v) is 7.92. The van der Waals surface area contributed by atoms with Gasteiger partial charge in [0.05, 0.1) is 11.7 Å². The Bertz CT molecular complexity index is 994. The van der Waals surface area contributed by atoms with Crippen molar-refractivity contribution in [3.05, 3.63) is 76.3 Å². The summed E-state index contributed by atoms with van der Waals surface area (Å²) in [5.41, 5.74) is 3.72. The molecule has 1 aliphatic rings. The highest BCUT2D eigenvalue weighted by Gasteiger charge is 2.18. The number of piperidine rings is 1. The van der Waals surface area contributed by atoms with Crippen LogP contribution in [-0.2, 0) is 19.5 Å². The molecule has 1 aliphatic heterocycles. The lowest BCUT2D eigenvalue weighted by molar-refractivity contribution is 0.191. The Morgan fingerprint density at radius 2 is 1.73 bits per heavy atom. The normalized spacial score (nSPS) is 15.2. The quantitative estimate of drug-likeness (QED) is 0.626. The van der Waals surface area contributed by atoms with E-state index in [1.54, 1.807) is 18.5 Å². The van der Waals surface area contributed by atoms with Gasteiger partial charge in [-0.3, -0.25) is 9.78 Å². The minimum atomic E-state index is 0. The molecule has 0 atom stereocenters. The molecule has 5 nitrogen and oxygen atoms in total. The Morgan fingerprint density at radius 3 is 2.47 bits per heavy atom. The van der Waals surface area contributed by atoms with E-state index in [0.717, 1.165) is 56.3 Å². The van der Waals surface area contributed by atoms with Crippen molar-refractivity contribution in [2.24, 2.45) is 0 Å². The first-order valence-electron chi connectivity index (χ1n) is 10.7. The highest BCUT2D eigenvalue weighted by atomic mass is 35.5. The SMILES string of the molecule is CCc1ccc(CNC2CCN(CCn3c(=O)ccc4ccncc43)CC2)cc1.Cl. The fourth-order valence-corrected chi connectivity index (χ4v) is 4.12. The zero-order chi connectivity index (χ0) is 20.1. The summed E-state index contributed by atoms with van der Waals surface area (Å²) in [7, 11) is 0. The van der Waals surface area contributed by atoms with Crippen LogP contribution in [0.25, 0.3) is 10.9 Å². The van der Waals surface area contributed by atoms with Crippen LogP contribution in [-0.4, -0.2) is 40.1 Å². The highest BCUT2D eigenvalue weighted by Crippen LogP contribution is 2.13. The fraction of sp³-hybridized carbons (Fsp3) is 0.417. The molecule has 2 aromatic heterocycles. The molecule has 4 rings (SSSR count). The van der Waals surface area contributed by atoms with Crippen LogP contribution in [0.2, 0.25) is 0 Å². The fourth-order valence-electron chi connectivity index (χ4n) is 4.12. The molecule has 1 saturated heterocycles. The third-order valence-electron chi connectivity index (χ3n) is 6.05. The molecule has 0 amide bonds. The molecule has 3 heterocycles. The summed E-state index contributed by atoms with van der Waals surface area (Å²) in [4.78, 5) is 19.0. The van der Waals surface area contributed by atoms with Gasteiger partial charge in [0.1, 0.15) is 0 Å². The number of pyridine rings is 2. The Balaban J connectivity index is 0.00000256. The van der Waals surface area contributed by atoms with Crippen molar-refractivity contribution in [1.29, 1.82) is 0 Å². The van der Waals surface area contributed by atoms with Crippen molar-refractivity contribution in [1.82, 2.24) is 19.8 Å². The maximum Gasteiger partial charge on any atom is 0.251 e. The number of hydrogen-bond donors (Lipinski definition) is 1. The molecule has 0 aliphatic carbocycles. The van der Waals surface area contributed by atoms with Gasteiger partial charge in [0, 0.05) is 43.3 Å². The molecule has 0 saturated carbocycles. The third-order valence-corrected chi connectivity index (χ3v) is 6.05. The molecule has 1 fully saturated rings. The van der Waals surface area contributed by atoms with Crippen LogP contribution in [0.3, 0.4) is 0 Å². The van der Waals surface area contributed by atoms with E-state index in [0.29, 0.717) is 12.6 Å². The number of aryl methyl sites for hydroxylation is 1. The minimum absolute atomic E-state index is 0. The first kappa shape index (κ1) is 22.5. The van der Waals surface area contributed by atoms with E-state index in [-0.39, 0.29) is 18.0 Å². The number of aromatic nitrogens is 2. The smallest absolute Gasteiger partial charge is 0.251 e. The van der Waals surface area contributed by atoms with Gasteiger partial charge in [-0.25, -0.2) is 0 Å². The monoisotopic (exact) mass is 426 g/mol. The second-order valence-electron chi connectivity index (χ2n) is 7.92. The van der Waals surface area contributed by atoms with Gasteiger partial charge in [-0.15, -0.1) is 12.4 Å². The summed E-state index contributed by atoms with van der Waals surface area (Å²) >= 11 is 0. The lowest BCUT2D eigenvalue weighted by Crippen LogP contribution is -2.43. The molecule has 30 heavy (non-hydrogen) atoms. The van der Waals surface area contributed by atoms with Gasteiger partial charge in [-0.2, -0.15) is 0 Å². The van der Waals surface area contributed by atoms with Crippen LogP contribution in [0, 0.1) is 0 Å². The van der Waals surface area contributed by atoms with Crippen molar-refractivity contribution in [3.8, 4) is 0 Å². The molecule has 0 bridgehead atoms. The molecule has 3 aromatic rings. The van der Waals surface area contributed by atoms with Crippen molar-refractivity contribution >= 4 is 23.3 Å². The maximum atomic E-state index is 12.3. The molecule has 0 radical (unpaired) electrons. The van der Waals surface area contributed by atoms with Gasteiger partial charge >= 0.3 is 0 Å². The van der Waals surface area contributed by atoms with Crippen LogP contribution in [0.15, 0.2) is 59.7 Å². The number of nitrogens with zero attached hydrogens (tertiary/aromatic N) is 3. The van der Waals surface area contributed by atoms with Gasteiger partial charge in [-0.05, 0) is 55.6 Å². The molecule has 160 valence electrons. The number of benzene rings is 1. The number of hydrogen-bond acceptors (Lipinski definition) is 4. The molecule has 0 spiro atoms. The van der Waals surface area contributed by atoms with E-state index in [1.807, 2.05) is 16.7 Å². The van der Waals surface area contributed by atoms with Crippen LogP contribution < -0.4 is 10.9 Å². The number of nitrogens with one attached hydrogen (secondary N) is 1. The average Bonchev–Trinajstić information content (AvgIpc) is 2.78. The van der Waals surface area contributed by atoms with Crippen molar-refractivity contribution in [2.45, 2.75) is 45.3 Å². The molecular weight excluding hydrogens is 396 g/mol. The van der Waals surface area contributed by atoms with E-state index in [1.165, 1.54) is 11.1 Å². The average molecular weight is 427 g/mol. The first-order chi connectivity index (χ1) is 14.2. The van der Waals surface area contributed by atoms with Gasteiger partial charge in [0.2, 0.25) is 0 Å².